The molecular formula is C22H20N6O2. The Hall–Kier alpha value is -4.20. The number of nitrogens with two attached hydrogens (primary N) is 1. The molecule has 1 aliphatic rings. The van der Waals surface area contributed by atoms with E-state index >= 15 is 0 Å². The maximum Gasteiger partial charge on any atom is 0.319 e. The van der Waals surface area contributed by atoms with Crippen LogP contribution in [0.15, 0.2) is 66.0 Å². The lowest BCUT2D eigenvalue weighted by molar-refractivity contribution is -0.113. The van der Waals surface area contributed by atoms with Gasteiger partial charge in [0.25, 0.3) is 5.91 Å². The van der Waals surface area contributed by atoms with Gasteiger partial charge in [0.05, 0.1) is 17.1 Å². The normalized spacial score (nSPS) is 16.0. The van der Waals surface area contributed by atoms with Gasteiger partial charge in [-0.25, -0.2) is 4.79 Å². The smallest absolute Gasteiger partial charge is 0.319 e. The van der Waals surface area contributed by atoms with Crippen molar-refractivity contribution < 1.29 is 9.59 Å². The molecule has 0 radical (unpaired) electrons. The second kappa shape index (κ2) is 7.67. The summed E-state index contributed by atoms with van der Waals surface area (Å²) >= 11 is 0. The molecule has 30 heavy (non-hydrogen) atoms. The third kappa shape index (κ3) is 3.46. The average Bonchev–Trinajstić information content (AvgIpc) is 2.74. The summed E-state index contributed by atoms with van der Waals surface area (Å²) in [6.07, 6.45) is 2.83. The van der Waals surface area contributed by atoms with Gasteiger partial charge in [-0.15, -0.1) is 0 Å². The van der Waals surface area contributed by atoms with Gasteiger partial charge < -0.3 is 27.1 Å². The summed E-state index contributed by atoms with van der Waals surface area (Å²) in [7, 11) is 0. The Morgan fingerprint density at radius 3 is 2.87 bits per heavy atom. The molecule has 1 aliphatic heterocycles. The van der Waals surface area contributed by atoms with E-state index in [1.807, 2.05) is 30.3 Å². The summed E-state index contributed by atoms with van der Waals surface area (Å²) in [5.74, 6) is -0.369. The summed E-state index contributed by atoms with van der Waals surface area (Å²) < 4.78 is 0. The fourth-order valence-corrected chi connectivity index (χ4v) is 3.58. The number of aromatic nitrogens is 1. The first-order valence-electron chi connectivity index (χ1n) is 9.31. The number of hydrogen-bond acceptors (Lipinski definition) is 5. The maximum absolute atomic E-state index is 13.2. The van der Waals surface area contributed by atoms with E-state index in [0.717, 1.165) is 22.7 Å². The van der Waals surface area contributed by atoms with Crippen molar-refractivity contribution in [2.45, 2.75) is 13.0 Å². The van der Waals surface area contributed by atoms with Crippen LogP contribution in [-0.2, 0) is 4.79 Å². The molecule has 8 nitrogen and oxygen atoms in total. The monoisotopic (exact) mass is 400 g/mol. The van der Waals surface area contributed by atoms with Crippen LogP contribution in [0, 0.1) is 5.41 Å². The fourth-order valence-electron chi connectivity index (χ4n) is 3.58. The van der Waals surface area contributed by atoms with Crippen LogP contribution in [0.25, 0.3) is 10.9 Å². The summed E-state index contributed by atoms with van der Waals surface area (Å²) in [6.45, 7) is 1.69. The van der Waals surface area contributed by atoms with Crippen LogP contribution in [0.3, 0.4) is 0 Å². The van der Waals surface area contributed by atoms with Crippen LogP contribution in [0.2, 0.25) is 0 Å². The third-order valence-corrected chi connectivity index (χ3v) is 5.00. The first-order valence-corrected chi connectivity index (χ1v) is 9.31. The molecule has 150 valence electrons. The first-order chi connectivity index (χ1) is 14.5. The highest BCUT2D eigenvalue weighted by molar-refractivity contribution is 6.07. The molecule has 0 bridgehead atoms. The summed E-state index contributed by atoms with van der Waals surface area (Å²) in [5.41, 5.74) is 9.68. The van der Waals surface area contributed by atoms with Crippen molar-refractivity contribution >= 4 is 40.4 Å². The Balaban J connectivity index is 1.75. The van der Waals surface area contributed by atoms with Gasteiger partial charge in [0, 0.05) is 40.4 Å². The first kappa shape index (κ1) is 19.1. The molecule has 3 aromatic rings. The number of nitrogen functional groups attached to an aromatic ring is 1. The number of carbonyl (C=O) groups excluding carboxylic acids is 2. The number of anilines is 2. The van der Waals surface area contributed by atoms with E-state index in [4.69, 9.17) is 11.1 Å². The summed E-state index contributed by atoms with van der Waals surface area (Å²) in [6, 6.07) is 13.2. The van der Waals surface area contributed by atoms with Gasteiger partial charge >= 0.3 is 6.03 Å². The molecule has 1 unspecified atom stereocenters. The molecule has 2 aromatic carbocycles. The molecule has 4 rings (SSSR count). The highest BCUT2D eigenvalue weighted by Crippen LogP contribution is 2.32. The SMILES string of the molecule is CC1=C(C(=O)Nc2ccc(N)c(C=N)c2)C(c2cccc3ncccc23)NC(=O)N1. The molecule has 0 aliphatic carbocycles. The van der Waals surface area contributed by atoms with Crippen LogP contribution in [0.5, 0.6) is 0 Å². The lowest BCUT2D eigenvalue weighted by Gasteiger charge is -2.29. The summed E-state index contributed by atoms with van der Waals surface area (Å²) in [5, 5.41) is 16.7. The van der Waals surface area contributed by atoms with E-state index in [-0.39, 0.29) is 11.9 Å². The maximum atomic E-state index is 13.2. The predicted octanol–water partition coefficient (Wildman–Crippen LogP) is 3.08. The van der Waals surface area contributed by atoms with Gasteiger partial charge in [-0.2, -0.15) is 0 Å². The number of rotatable bonds is 4. The van der Waals surface area contributed by atoms with Crippen molar-refractivity contribution in [3.8, 4) is 0 Å². The van der Waals surface area contributed by atoms with Crippen LogP contribution >= 0.6 is 0 Å². The molecule has 6 N–H and O–H groups in total. The molecule has 0 fully saturated rings. The molecule has 0 saturated heterocycles. The Morgan fingerprint density at radius 2 is 2.07 bits per heavy atom. The molecular weight excluding hydrogens is 380 g/mol. The Bertz CT molecular complexity index is 1210. The van der Waals surface area contributed by atoms with Crippen LogP contribution < -0.4 is 21.7 Å². The molecule has 8 heteroatoms. The van der Waals surface area contributed by atoms with E-state index in [0.29, 0.717) is 28.2 Å². The zero-order valence-electron chi connectivity index (χ0n) is 16.2. The highest BCUT2D eigenvalue weighted by atomic mass is 16.2. The average molecular weight is 400 g/mol. The largest absolute Gasteiger partial charge is 0.398 e. The Kier molecular flexibility index (Phi) is 4.89. The number of nitrogens with one attached hydrogen (secondary N) is 4. The zero-order valence-corrected chi connectivity index (χ0v) is 16.2. The number of urea groups is 1. The summed E-state index contributed by atoms with van der Waals surface area (Å²) in [4.78, 5) is 29.8. The number of pyridine rings is 1. The van der Waals surface area contributed by atoms with Crippen molar-refractivity contribution in [1.29, 1.82) is 5.41 Å². The Morgan fingerprint density at radius 1 is 1.23 bits per heavy atom. The molecule has 0 saturated carbocycles. The molecule has 1 atom stereocenters. The number of fused-ring (bicyclic) bond motifs is 1. The number of hydrogen-bond donors (Lipinski definition) is 5. The second-order valence-electron chi connectivity index (χ2n) is 6.93. The lowest BCUT2D eigenvalue weighted by Crippen LogP contribution is -2.46. The minimum absolute atomic E-state index is 0.369. The Labute approximate surface area is 172 Å². The molecule has 1 aromatic heterocycles. The minimum atomic E-state index is -0.650. The van der Waals surface area contributed by atoms with Gasteiger partial charge in [0.2, 0.25) is 0 Å². The van der Waals surface area contributed by atoms with Crippen LogP contribution in [0.1, 0.15) is 24.1 Å². The number of carbonyl (C=O) groups is 2. The van der Waals surface area contributed by atoms with Crippen molar-refractivity contribution in [1.82, 2.24) is 15.6 Å². The van der Waals surface area contributed by atoms with Gasteiger partial charge in [-0.3, -0.25) is 9.78 Å². The molecule has 2 heterocycles. The predicted molar refractivity (Wildman–Crippen MR) is 116 cm³/mol. The van der Waals surface area contributed by atoms with Crippen LogP contribution in [-0.4, -0.2) is 23.1 Å². The van der Waals surface area contributed by atoms with E-state index < -0.39 is 6.04 Å². The minimum Gasteiger partial charge on any atom is -0.398 e. The lowest BCUT2D eigenvalue weighted by atomic mass is 9.92. The topological polar surface area (TPSA) is 133 Å². The number of amides is 3. The van der Waals surface area contributed by atoms with Crippen molar-refractivity contribution in [3.05, 3.63) is 77.1 Å². The molecule has 3 amide bonds. The third-order valence-electron chi connectivity index (χ3n) is 5.00. The van der Waals surface area contributed by atoms with Crippen molar-refractivity contribution in [3.63, 3.8) is 0 Å². The standard InChI is InChI=1S/C22H20N6O2/c1-12-19(21(29)27-14-7-8-17(24)13(10-14)11-23)20(28-22(30)26-12)16-4-2-6-18-15(16)5-3-9-25-18/h2-11,20,23H,24H2,1H3,(H,27,29)(H2,26,28,30). The van der Waals surface area contributed by atoms with Crippen LogP contribution in [0.4, 0.5) is 16.2 Å². The van der Waals surface area contributed by atoms with Crippen molar-refractivity contribution in [2.24, 2.45) is 0 Å². The quantitative estimate of drug-likeness (QED) is 0.340. The van der Waals surface area contributed by atoms with E-state index in [1.165, 1.54) is 0 Å². The number of benzene rings is 2. The second-order valence-corrected chi connectivity index (χ2v) is 6.93. The van der Waals surface area contributed by atoms with Gasteiger partial charge in [0.15, 0.2) is 0 Å². The number of allylic oxidation sites excluding steroid dienone is 1. The molecule has 0 spiro atoms. The van der Waals surface area contributed by atoms with Gasteiger partial charge in [-0.05, 0) is 42.8 Å². The number of nitrogens with zero attached hydrogens (tertiary/aromatic N) is 1. The van der Waals surface area contributed by atoms with Gasteiger partial charge in [0.1, 0.15) is 0 Å². The van der Waals surface area contributed by atoms with Crippen molar-refractivity contribution in [2.75, 3.05) is 11.1 Å². The van der Waals surface area contributed by atoms with Gasteiger partial charge in [-0.1, -0.05) is 18.2 Å². The fraction of sp³-hybridized carbons (Fsp3) is 0.0909. The zero-order chi connectivity index (χ0) is 21.3. The van der Waals surface area contributed by atoms with E-state index in [9.17, 15) is 9.59 Å². The van der Waals surface area contributed by atoms with E-state index in [2.05, 4.69) is 20.9 Å². The van der Waals surface area contributed by atoms with E-state index in [1.54, 1.807) is 31.3 Å². The highest BCUT2D eigenvalue weighted by Gasteiger charge is 2.32.